The van der Waals surface area contributed by atoms with E-state index >= 15 is 0 Å². The Bertz CT molecular complexity index is 1410. The third kappa shape index (κ3) is 6.56. The molecule has 1 heterocycles. The highest BCUT2D eigenvalue weighted by Crippen LogP contribution is 2.39. The number of alkyl halides is 3. The number of aromatic nitrogens is 1. The van der Waals surface area contributed by atoms with Crippen molar-refractivity contribution >= 4 is 28.8 Å². The zero-order valence-corrected chi connectivity index (χ0v) is 20.3. The number of carbonyl (C=O) groups is 1. The van der Waals surface area contributed by atoms with E-state index in [0.29, 0.717) is 16.9 Å². The molecule has 2 N–H and O–H groups in total. The summed E-state index contributed by atoms with van der Waals surface area (Å²) >= 11 is 0. The van der Waals surface area contributed by atoms with Crippen LogP contribution in [0.25, 0.3) is 0 Å². The number of halogens is 4. The highest BCUT2D eigenvalue weighted by Gasteiger charge is 2.38. The van der Waals surface area contributed by atoms with Gasteiger partial charge in [0.15, 0.2) is 5.78 Å². The van der Waals surface area contributed by atoms with Crippen LogP contribution in [-0.2, 0) is 12.7 Å². The quantitative estimate of drug-likeness (QED) is 0.137. The van der Waals surface area contributed by atoms with E-state index in [1.165, 1.54) is 35.4 Å². The minimum absolute atomic E-state index is 0.0811. The third-order valence-electron chi connectivity index (χ3n) is 5.66. The fourth-order valence-electron chi connectivity index (χ4n) is 3.73. The molecular formula is C29H24F4N4O. The normalized spacial score (nSPS) is 11.4. The number of hydrogen-bond acceptors (Lipinski definition) is 5. The molecule has 0 aliphatic carbocycles. The minimum atomic E-state index is -4.84. The standard InChI is InChI=1S/C29H24F4N4O/c1-37(23-10-6-3-7-11-23)28-27(25(38)16-17-34-22-8-4-2-5-9-22)24(29(31,32)33)18-26(36-28)35-19-20-12-14-21(30)15-13-20/h2-18,34H,19H2,1H3,(H,35,36)/b17-16+. The molecular weight excluding hydrogens is 496 g/mol. The Morgan fingerprint density at radius 1 is 0.947 bits per heavy atom. The van der Waals surface area contributed by atoms with Crippen molar-refractivity contribution in [2.24, 2.45) is 0 Å². The molecule has 0 fully saturated rings. The second-order valence-corrected chi connectivity index (χ2v) is 8.33. The molecule has 9 heteroatoms. The number of hydrogen-bond donors (Lipinski definition) is 2. The topological polar surface area (TPSA) is 57.3 Å². The first kappa shape index (κ1) is 26.4. The van der Waals surface area contributed by atoms with E-state index in [2.05, 4.69) is 15.6 Å². The summed E-state index contributed by atoms with van der Waals surface area (Å²) in [6, 6.07) is 23.9. The summed E-state index contributed by atoms with van der Waals surface area (Å²) in [6.45, 7) is 0.104. The number of carbonyl (C=O) groups excluding carboxylic acids is 1. The lowest BCUT2D eigenvalue weighted by atomic mass is 10.0. The van der Waals surface area contributed by atoms with Crippen LogP contribution in [-0.4, -0.2) is 17.8 Å². The van der Waals surface area contributed by atoms with Gasteiger partial charge < -0.3 is 15.5 Å². The van der Waals surface area contributed by atoms with Gasteiger partial charge in [0.2, 0.25) is 0 Å². The molecule has 1 aromatic heterocycles. The molecule has 0 saturated carbocycles. The molecule has 0 radical (unpaired) electrons. The van der Waals surface area contributed by atoms with Crippen molar-refractivity contribution in [3.63, 3.8) is 0 Å². The van der Waals surface area contributed by atoms with Gasteiger partial charge in [0.25, 0.3) is 0 Å². The Hall–Kier alpha value is -4.66. The Balaban J connectivity index is 1.75. The van der Waals surface area contributed by atoms with Gasteiger partial charge >= 0.3 is 6.18 Å². The number of para-hydroxylation sites is 2. The fourth-order valence-corrected chi connectivity index (χ4v) is 3.73. The van der Waals surface area contributed by atoms with Gasteiger partial charge in [-0.3, -0.25) is 4.79 Å². The lowest BCUT2D eigenvalue weighted by molar-refractivity contribution is -0.137. The molecule has 0 spiro atoms. The number of nitrogens with zero attached hydrogens (tertiary/aromatic N) is 2. The maximum Gasteiger partial charge on any atom is 0.417 e. The van der Waals surface area contributed by atoms with E-state index in [1.54, 1.807) is 61.6 Å². The van der Waals surface area contributed by atoms with Crippen molar-refractivity contribution in [1.29, 1.82) is 0 Å². The molecule has 194 valence electrons. The average Bonchev–Trinajstić information content (AvgIpc) is 2.92. The zero-order valence-electron chi connectivity index (χ0n) is 20.3. The molecule has 0 unspecified atom stereocenters. The number of anilines is 4. The van der Waals surface area contributed by atoms with Gasteiger partial charge in [-0.15, -0.1) is 0 Å². The number of nitrogens with one attached hydrogen (secondary N) is 2. The van der Waals surface area contributed by atoms with E-state index < -0.39 is 28.9 Å². The predicted molar refractivity (Wildman–Crippen MR) is 141 cm³/mol. The van der Waals surface area contributed by atoms with Crippen LogP contribution in [0.3, 0.4) is 0 Å². The lowest BCUT2D eigenvalue weighted by Gasteiger charge is -2.24. The van der Waals surface area contributed by atoms with Crippen LogP contribution in [0.2, 0.25) is 0 Å². The Morgan fingerprint density at radius 2 is 1.58 bits per heavy atom. The van der Waals surface area contributed by atoms with Crippen LogP contribution in [0.15, 0.2) is 103 Å². The van der Waals surface area contributed by atoms with Gasteiger partial charge in [-0.25, -0.2) is 9.37 Å². The molecule has 0 aliphatic rings. The van der Waals surface area contributed by atoms with Crippen LogP contribution in [0.1, 0.15) is 21.5 Å². The molecule has 0 saturated heterocycles. The van der Waals surface area contributed by atoms with Gasteiger partial charge in [-0.2, -0.15) is 13.2 Å². The van der Waals surface area contributed by atoms with Crippen molar-refractivity contribution in [2.75, 3.05) is 22.6 Å². The highest BCUT2D eigenvalue weighted by molar-refractivity contribution is 6.10. The molecule has 5 nitrogen and oxygen atoms in total. The first-order chi connectivity index (χ1) is 18.2. The van der Waals surface area contributed by atoms with E-state index in [-0.39, 0.29) is 18.2 Å². The molecule has 4 aromatic rings. The summed E-state index contributed by atoms with van der Waals surface area (Å²) in [4.78, 5) is 19.1. The van der Waals surface area contributed by atoms with Gasteiger partial charge in [-0.05, 0) is 48.0 Å². The zero-order chi connectivity index (χ0) is 27.1. The average molecular weight is 521 g/mol. The summed E-state index contributed by atoms with van der Waals surface area (Å²) in [5.41, 5.74) is 0.162. The predicted octanol–water partition coefficient (Wildman–Crippen LogP) is 7.43. The van der Waals surface area contributed by atoms with Crippen molar-refractivity contribution in [3.05, 3.63) is 126 Å². The van der Waals surface area contributed by atoms with Crippen LogP contribution in [0.5, 0.6) is 0 Å². The number of allylic oxidation sites excluding steroid dienone is 1. The molecule has 3 aromatic carbocycles. The molecule has 0 atom stereocenters. The summed E-state index contributed by atoms with van der Waals surface area (Å²) in [5.74, 6) is -1.53. The van der Waals surface area contributed by atoms with Crippen molar-refractivity contribution in [1.82, 2.24) is 4.98 Å². The molecule has 38 heavy (non-hydrogen) atoms. The number of rotatable bonds is 9. The van der Waals surface area contributed by atoms with E-state index in [4.69, 9.17) is 0 Å². The highest BCUT2D eigenvalue weighted by atomic mass is 19.4. The molecule has 0 amide bonds. The third-order valence-corrected chi connectivity index (χ3v) is 5.66. The summed E-state index contributed by atoms with van der Waals surface area (Å²) in [5, 5.41) is 5.75. The fraction of sp³-hybridized carbons (Fsp3) is 0.103. The Labute approximate surface area is 217 Å². The van der Waals surface area contributed by atoms with Crippen LogP contribution >= 0.6 is 0 Å². The Kier molecular flexibility index (Phi) is 8.06. The SMILES string of the molecule is CN(c1ccccc1)c1nc(NCc2ccc(F)cc2)cc(C(F)(F)F)c1C(=O)/C=C/Nc1ccccc1. The monoisotopic (exact) mass is 520 g/mol. The molecule has 0 bridgehead atoms. The summed E-state index contributed by atoms with van der Waals surface area (Å²) in [7, 11) is 1.55. The first-order valence-corrected chi connectivity index (χ1v) is 11.6. The molecule has 0 aliphatic heterocycles. The van der Waals surface area contributed by atoms with Gasteiger partial charge in [-0.1, -0.05) is 48.5 Å². The smallest absolute Gasteiger partial charge is 0.366 e. The van der Waals surface area contributed by atoms with Crippen LogP contribution < -0.4 is 15.5 Å². The van der Waals surface area contributed by atoms with E-state index in [9.17, 15) is 22.4 Å². The van der Waals surface area contributed by atoms with Crippen molar-refractivity contribution < 1.29 is 22.4 Å². The lowest BCUT2D eigenvalue weighted by Crippen LogP contribution is -2.22. The maximum absolute atomic E-state index is 14.3. The van der Waals surface area contributed by atoms with Crippen molar-refractivity contribution in [3.8, 4) is 0 Å². The van der Waals surface area contributed by atoms with Crippen molar-refractivity contribution in [2.45, 2.75) is 12.7 Å². The summed E-state index contributed by atoms with van der Waals surface area (Å²) in [6.07, 6.45) is -2.49. The van der Waals surface area contributed by atoms with Crippen LogP contribution in [0.4, 0.5) is 40.6 Å². The largest absolute Gasteiger partial charge is 0.417 e. The second kappa shape index (κ2) is 11.6. The van der Waals surface area contributed by atoms with Gasteiger partial charge in [0, 0.05) is 37.2 Å². The van der Waals surface area contributed by atoms with E-state index in [0.717, 1.165) is 12.1 Å². The number of pyridine rings is 1. The van der Waals surface area contributed by atoms with Crippen LogP contribution in [0, 0.1) is 5.82 Å². The summed E-state index contributed by atoms with van der Waals surface area (Å²) < 4.78 is 56.2. The number of benzene rings is 3. The van der Waals surface area contributed by atoms with Gasteiger partial charge in [0.05, 0.1) is 11.1 Å². The first-order valence-electron chi connectivity index (χ1n) is 11.6. The minimum Gasteiger partial charge on any atom is -0.366 e. The van der Waals surface area contributed by atoms with Gasteiger partial charge in [0.1, 0.15) is 17.5 Å². The Morgan fingerprint density at radius 3 is 2.21 bits per heavy atom. The second-order valence-electron chi connectivity index (χ2n) is 8.33. The van der Waals surface area contributed by atoms with E-state index in [1.807, 2.05) is 6.07 Å². The number of ketones is 1. The molecule has 4 rings (SSSR count). The maximum atomic E-state index is 14.3.